The molecule has 4 fully saturated rings. The second kappa shape index (κ2) is 40.0. The van der Waals surface area contributed by atoms with E-state index in [0.29, 0.717) is 109 Å². The van der Waals surface area contributed by atoms with Gasteiger partial charge >= 0.3 is 48.8 Å². The number of amides is 9. The molecule has 35 nitrogen and oxygen atoms in total. The zero-order chi connectivity index (χ0) is 108. The monoisotopic (exact) mass is 2090 g/mol. The first-order chi connectivity index (χ1) is 70.8. The van der Waals surface area contributed by atoms with E-state index in [4.69, 9.17) is 37.9 Å². The number of aryl methyl sites for hydroxylation is 4. The lowest BCUT2D eigenvalue weighted by Crippen LogP contribution is -2.34. The highest BCUT2D eigenvalue weighted by Crippen LogP contribution is 2.54. The SMILES string of the molecule is CC(=O)NC1(c2cc(-c3ccc(NC(=O)Nc4cccc(C(F)(F)F)c4)cc3)c3c(N)nn(C)c3n2)CC1.CN(C)C1(c2cc(-c3ccc(NC(=O)Nc4cccc(C(F)(F)F)c4)cc3)c3c(N)nn(C)c3n2)CC1.CNC1(c2cc(-c3ccc(NC(=O)Nc4cccc(C(F)(F)F)c4)cc3)c3c(N)nn(C)c3n2)CC1.Cn1nc(N)c2c(-c3ccc(NC(=O)Nc4cccc(C(F)(F)F)c4)cc3)cc(C3(NS(C)(=O)=O)CC3)nc21. The van der Waals surface area contributed by atoms with E-state index in [1.165, 1.54) is 60.1 Å². The van der Waals surface area contributed by atoms with Crippen LogP contribution in [0.15, 0.2) is 218 Å². The van der Waals surface area contributed by atoms with Crippen molar-refractivity contribution >= 4 is 153 Å². The summed E-state index contributed by atoms with van der Waals surface area (Å²) in [7, 11) is 9.56. The van der Waals surface area contributed by atoms with Crippen molar-refractivity contribution in [2.24, 2.45) is 28.2 Å². The second-order valence-electron chi connectivity index (χ2n) is 37.0. The zero-order valence-corrected chi connectivity index (χ0v) is 82.2. The molecule has 8 aromatic carbocycles. The van der Waals surface area contributed by atoms with Crippen molar-refractivity contribution in [3.8, 4) is 44.5 Å². The van der Waals surface area contributed by atoms with Gasteiger partial charge < -0.3 is 76.1 Å². The van der Waals surface area contributed by atoms with E-state index in [1.54, 1.807) is 114 Å². The van der Waals surface area contributed by atoms with Crippen molar-refractivity contribution in [2.45, 2.75) is 105 Å². The van der Waals surface area contributed by atoms with Gasteiger partial charge in [-0.15, -0.1) is 0 Å². The molecule has 4 aliphatic carbocycles. The predicted octanol–water partition coefficient (Wildman–Crippen LogP) is 19.9. The van der Waals surface area contributed by atoms with Crippen molar-refractivity contribution in [1.29, 1.82) is 0 Å². The fourth-order valence-corrected chi connectivity index (χ4v) is 18.8. The molecule has 8 aromatic heterocycles. The maximum Gasteiger partial charge on any atom is 0.416 e. The Hall–Kier alpha value is -17.0. The Labute approximate surface area is 847 Å². The van der Waals surface area contributed by atoms with Crippen LogP contribution < -0.4 is 80.8 Å². The smallest absolute Gasteiger partial charge is 0.382 e. The van der Waals surface area contributed by atoms with Gasteiger partial charge in [-0.05, 0) is 263 Å². The summed E-state index contributed by atoms with van der Waals surface area (Å²) in [6, 6.07) is 50.5. The number of alkyl halides is 12. The Kier molecular flexibility index (Phi) is 27.8. The third kappa shape index (κ3) is 22.9. The van der Waals surface area contributed by atoms with Crippen molar-refractivity contribution in [3.05, 3.63) is 263 Å². The highest BCUT2D eigenvalue weighted by atomic mass is 32.2. The lowest BCUT2D eigenvalue weighted by Gasteiger charge is -2.24. The number of halogens is 12. The first kappa shape index (κ1) is 104. The van der Waals surface area contributed by atoms with Crippen molar-refractivity contribution in [2.75, 3.05) is 92.9 Å². The number of rotatable bonds is 21. The molecule has 0 saturated heterocycles. The number of nitrogens with two attached hydrogens (primary N) is 4. The Morgan fingerprint density at radius 1 is 0.333 bits per heavy atom. The largest absolute Gasteiger partial charge is 0.416 e. The van der Waals surface area contributed by atoms with Gasteiger partial charge in [0.05, 0.1) is 95.0 Å². The molecule has 4 saturated carbocycles. The predicted molar refractivity (Wildman–Crippen MR) is 548 cm³/mol. The van der Waals surface area contributed by atoms with Gasteiger partial charge in [0.1, 0.15) is 0 Å². The van der Waals surface area contributed by atoms with Gasteiger partial charge in [0.15, 0.2) is 45.9 Å². The average molecular weight is 2090 g/mol. The topological polar surface area (TPSA) is 482 Å². The lowest BCUT2D eigenvalue weighted by atomic mass is 9.99. The number of carbonyl (C=O) groups excluding carboxylic acids is 5. The maximum atomic E-state index is 12.9. The third-order valence-electron chi connectivity index (χ3n) is 25.9. The van der Waals surface area contributed by atoms with E-state index in [9.17, 15) is 85.1 Å². The van der Waals surface area contributed by atoms with Crippen LogP contribution in [-0.2, 0) is 89.9 Å². The second-order valence-corrected chi connectivity index (χ2v) is 38.7. The number of hydrogen-bond donors (Lipinski definition) is 15. The van der Waals surface area contributed by atoms with E-state index < -0.39 is 92.2 Å². The normalized spacial score (nSPS) is 14.6. The summed E-state index contributed by atoms with van der Waals surface area (Å²) < 4.78 is 188. The molecule has 778 valence electrons. The molecular formula is C102H98F12N28O7S. The number of fused-ring (bicyclic) bond motifs is 4. The van der Waals surface area contributed by atoms with Gasteiger partial charge in [-0.3, -0.25) is 9.69 Å². The van der Waals surface area contributed by atoms with Crippen LogP contribution in [0.2, 0.25) is 0 Å². The van der Waals surface area contributed by atoms with Gasteiger partial charge in [-0.2, -0.15) is 73.1 Å². The molecule has 16 aromatic rings. The van der Waals surface area contributed by atoms with Gasteiger partial charge in [-0.25, -0.2) is 71.0 Å². The Balaban J connectivity index is 0.000000136. The van der Waals surface area contributed by atoms with Crippen LogP contribution >= 0.6 is 0 Å². The van der Waals surface area contributed by atoms with Crippen molar-refractivity contribution < 1.29 is 85.1 Å². The molecule has 19 N–H and O–H groups in total. The van der Waals surface area contributed by atoms with E-state index in [2.05, 4.69) is 94.2 Å². The molecule has 0 bridgehead atoms. The first-order valence-corrected chi connectivity index (χ1v) is 48.3. The minimum atomic E-state index is -4.53. The number of sulfonamides is 1. The van der Waals surface area contributed by atoms with Crippen LogP contribution in [0.3, 0.4) is 0 Å². The highest BCUT2D eigenvalue weighted by Gasteiger charge is 2.52. The van der Waals surface area contributed by atoms with Crippen LogP contribution in [0.5, 0.6) is 0 Å². The van der Waals surface area contributed by atoms with Gasteiger partial charge in [0.25, 0.3) is 0 Å². The number of nitrogens with one attached hydrogen (secondary N) is 11. The Bertz CT molecular complexity index is 8080. The molecule has 0 unspecified atom stereocenters. The van der Waals surface area contributed by atoms with Crippen LogP contribution in [0.25, 0.3) is 88.6 Å². The number of pyridine rings is 4. The minimum absolute atomic E-state index is 0.00517. The molecule has 48 heteroatoms. The molecule has 9 amide bonds. The molecule has 20 rings (SSSR count). The summed E-state index contributed by atoms with van der Waals surface area (Å²) in [5, 5.41) is 46.6. The summed E-state index contributed by atoms with van der Waals surface area (Å²) in [5.41, 5.74) is 33.7. The van der Waals surface area contributed by atoms with Gasteiger partial charge in [-0.1, -0.05) is 72.8 Å². The summed E-state index contributed by atoms with van der Waals surface area (Å²) in [4.78, 5) is 82.7. The number of hydrogen-bond acceptors (Lipinski definition) is 21. The zero-order valence-electron chi connectivity index (χ0n) is 81.4. The molecule has 150 heavy (non-hydrogen) atoms. The maximum absolute atomic E-state index is 12.9. The fraction of sp³-hybridized carbons (Fsp3) is 0.245. The first-order valence-electron chi connectivity index (χ1n) is 46.4. The summed E-state index contributed by atoms with van der Waals surface area (Å²) in [5.74, 6) is 1.17. The van der Waals surface area contributed by atoms with E-state index >= 15 is 0 Å². The highest BCUT2D eigenvalue weighted by molar-refractivity contribution is 7.88. The molecule has 8 heterocycles. The minimum Gasteiger partial charge on any atom is -0.382 e. The Morgan fingerprint density at radius 2 is 0.567 bits per heavy atom. The van der Waals surface area contributed by atoms with E-state index in [0.717, 1.165) is 149 Å². The molecule has 0 spiro atoms. The number of nitrogens with zero attached hydrogens (tertiary/aromatic N) is 13. The van der Waals surface area contributed by atoms with Crippen molar-refractivity contribution in [1.82, 2.24) is 79.3 Å². The van der Waals surface area contributed by atoms with Crippen LogP contribution in [0.4, 0.5) is 141 Å². The molecule has 0 radical (unpaired) electrons. The third-order valence-corrected chi connectivity index (χ3v) is 26.7. The number of benzene rings is 8. The van der Waals surface area contributed by atoms with Gasteiger partial charge in [0, 0.05) is 80.6 Å². The summed E-state index contributed by atoms with van der Waals surface area (Å²) in [6.07, 6.45) is -10.2. The molecule has 4 aliphatic rings. The summed E-state index contributed by atoms with van der Waals surface area (Å²) >= 11 is 0. The molecule has 0 atom stereocenters. The van der Waals surface area contributed by atoms with Gasteiger partial charge in [0.2, 0.25) is 15.9 Å². The quantitative estimate of drug-likeness (QED) is 0.0297. The average Bonchev–Trinajstić information content (AvgIpc) is 1.59. The van der Waals surface area contributed by atoms with Crippen LogP contribution in [-0.4, -0.2) is 130 Å². The number of carbonyl (C=O) groups is 5. The lowest BCUT2D eigenvalue weighted by molar-refractivity contribution is -0.138. The van der Waals surface area contributed by atoms with Crippen LogP contribution in [0.1, 0.15) is 103 Å². The standard InChI is InChI=1S/C26H24F3N7O2.C26H26F3N7O.C25H24F3N7O3S.C25H24F3N7O/c1-14(37)34-25(10-11-25)20-13-19(21-22(30)35-36(2)23(21)33-20)15-6-8-17(9-7-15)31-24(38)32-18-5-3-4-16(12-18)26(27,28)29;1-35(2)25(11-12-25)20-14-19(21-22(30)34-36(3)23(21)33-20)15-7-9-17(10-8-15)31-24(37)32-18-6-4-5-16(13-18)26(27,28)29;1-35-22-20(21(29)33-35)18(13-19(32-22)24(10-11-24)34-39(2,37)38)14-6-8-16(9-7-14)30-23(36)31-17-5-3-4-15(12-17)25(26,27)28;1-30-24(10-11-24)19-13-18(20-21(29)34-35(2)22(20)33-19)14-6-8-16(9-7-14)31-23(36)32-17-5-3-4-15(12-17)25(26,27)28/h3-9,12-13H,10-11H2,1-2H3,(H2,30,35)(H,34,37)(H2,31,32,38);4-10,13-14H,11-12H2,1-3H3,(H2,30,34)(H2,31,32,37);3-9,12-13,34H,10-11H2,1-2H3,(H2,29,33)(H2,30,31,36);3-9,12-13,30H,10-11H2,1-2H3,(H2,29,34)(H2,31,32,36). The number of aromatic nitrogens is 12. The molecular weight excluding hydrogens is 1990 g/mol. The Morgan fingerprint density at radius 3 is 0.787 bits per heavy atom. The molecule has 0 aliphatic heterocycles. The van der Waals surface area contributed by atoms with E-state index in [1.807, 2.05) is 64.6 Å². The van der Waals surface area contributed by atoms with E-state index in [-0.39, 0.29) is 45.6 Å². The number of urea groups is 4. The number of nitrogen functional groups attached to an aromatic ring is 4. The fourth-order valence-electron chi connectivity index (χ4n) is 17.8. The van der Waals surface area contributed by atoms with Crippen LogP contribution in [0, 0.1) is 0 Å². The number of anilines is 12. The summed E-state index contributed by atoms with van der Waals surface area (Å²) in [6.45, 7) is 1.47. The van der Waals surface area contributed by atoms with Crippen molar-refractivity contribution in [3.63, 3.8) is 0 Å².